The number of carbonyl (C=O) groups excluding carboxylic acids is 1. The predicted octanol–water partition coefficient (Wildman–Crippen LogP) is 4.26. The maximum atomic E-state index is 12.0. The largest absolute Gasteiger partial charge is 0.490 e. The van der Waals surface area contributed by atoms with Crippen molar-refractivity contribution in [3.05, 3.63) is 30.0 Å². The second-order valence-corrected chi connectivity index (χ2v) is 6.91. The molecule has 3 rings (SSSR count). The van der Waals surface area contributed by atoms with Crippen LogP contribution in [0.25, 0.3) is 11.0 Å². The zero-order valence-electron chi connectivity index (χ0n) is 12.5. The molecule has 1 aromatic heterocycles. The normalized spacial score (nSPS) is 21.1. The highest BCUT2D eigenvalue weighted by molar-refractivity contribution is 8.67. The maximum absolute atomic E-state index is 12.0. The minimum atomic E-state index is -0.0691. The topological polar surface area (TPSA) is 51.5 Å². The van der Waals surface area contributed by atoms with E-state index >= 15 is 0 Å². The summed E-state index contributed by atoms with van der Waals surface area (Å²) >= 11 is 4.07. The Morgan fingerprint density at radius 3 is 2.86 bits per heavy atom. The predicted molar refractivity (Wildman–Crippen MR) is 92.5 cm³/mol. The number of rotatable bonds is 6. The van der Waals surface area contributed by atoms with Gasteiger partial charge in [-0.15, -0.1) is 0 Å². The Morgan fingerprint density at radius 2 is 2.18 bits per heavy atom. The molecule has 0 aliphatic heterocycles. The lowest BCUT2D eigenvalue weighted by Gasteiger charge is -2.35. The fraction of sp³-hybridized carbons (Fsp3) is 0.438. The molecule has 0 bridgehead atoms. The van der Waals surface area contributed by atoms with Crippen LogP contribution in [-0.4, -0.2) is 17.9 Å². The second-order valence-electron chi connectivity index (χ2n) is 5.95. The lowest BCUT2D eigenvalue weighted by Crippen LogP contribution is -2.43. The summed E-state index contributed by atoms with van der Waals surface area (Å²) < 4.78 is 14.8. The molecule has 1 N–H and O–H groups in total. The van der Waals surface area contributed by atoms with Crippen molar-refractivity contribution in [1.82, 2.24) is 4.72 Å². The monoisotopic (exact) mass is 337 g/mol. The van der Waals surface area contributed by atoms with E-state index in [1.807, 2.05) is 32.0 Å². The minimum Gasteiger partial charge on any atom is -0.490 e. The molecule has 2 aromatic rings. The van der Waals surface area contributed by atoms with Crippen molar-refractivity contribution >= 4 is 39.4 Å². The van der Waals surface area contributed by atoms with Crippen molar-refractivity contribution in [2.45, 2.75) is 38.8 Å². The minimum absolute atomic E-state index is 0.0239. The Bertz CT molecular complexity index is 677. The average molecular weight is 337 g/mol. The molecule has 0 saturated heterocycles. The Labute approximate surface area is 138 Å². The zero-order chi connectivity index (χ0) is 15.7. The van der Waals surface area contributed by atoms with E-state index in [0.29, 0.717) is 17.4 Å². The van der Waals surface area contributed by atoms with Crippen molar-refractivity contribution in [2.75, 3.05) is 0 Å². The Morgan fingerprint density at radius 1 is 1.41 bits per heavy atom. The Balaban J connectivity index is 1.69. The van der Waals surface area contributed by atoms with Gasteiger partial charge in [-0.3, -0.25) is 9.52 Å². The molecule has 118 valence electrons. The average Bonchev–Trinajstić information content (AvgIpc) is 2.87. The van der Waals surface area contributed by atoms with Crippen molar-refractivity contribution < 1.29 is 13.9 Å². The van der Waals surface area contributed by atoms with Crippen LogP contribution >= 0.6 is 22.6 Å². The molecule has 1 aromatic carbocycles. The number of nitrogens with one attached hydrogen (secondary N) is 1. The highest BCUT2D eigenvalue weighted by Crippen LogP contribution is 2.30. The molecule has 0 spiro atoms. The first-order valence-corrected chi connectivity index (χ1v) is 9.24. The molecule has 1 heterocycles. The van der Waals surface area contributed by atoms with Crippen LogP contribution in [0.4, 0.5) is 0 Å². The quantitative estimate of drug-likeness (QED) is 0.357. The maximum Gasteiger partial charge on any atom is 0.200 e. The number of thiol groups is 1. The zero-order valence-corrected chi connectivity index (χ0v) is 14.2. The van der Waals surface area contributed by atoms with E-state index in [9.17, 15) is 4.79 Å². The summed E-state index contributed by atoms with van der Waals surface area (Å²) in [6.45, 7) is 3.74. The molecule has 0 atom stereocenters. The van der Waals surface area contributed by atoms with Crippen LogP contribution in [0, 0.1) is 5.92 Å². The molecule has 1 aliphatic rings. The van der Waals surface area contributed by atoms with Gasteiger partial charge >= 0.3 is 0 Å². The van der Waals surface area contributed by atoms with Gasteiger partial charge in [0.05, 0.1) is 0 Å². The van der Waals surface area contributed by atoms with Gasteiger partial charge in [0.2, 0.25) is 5.78 Å². The van der Waals surface area contributed by atoms with Gasteiger partial charge in [-0.25, -0.2) is 0 Å². The molecule has 0 unspecified atom stereocenters. The highest BCUT2D eigenvalue weighted by atomic mass is 33.1. The summed E-state index contributed by atoms with van der Waals surface area (Å²) in [6, 6.07) is 7.99. The van der Waals surface area contributed by atoms with Gasteiger partial charge in [-0.1, -0.05) is 25.5 Å². The molecule has 6 heteroatoms. The summed E-state index contributed by atoms with van der Waals surface area (Å²) in [5.74, 6) is 1.16. The van der Waals surface area contributed by atoms with Crippen LogP contribution in [-0.2, 0) is 0 Å². The number of fused-ring (bicyclic) bond motifs is 1. The molecule has 4 nitrogen and oxygen atoms in total. The Kier molecular flexibility index (Phi) is 4.70. The lowest BCUT2D eigenvalue weighted by molar-refractivity contribution is 0.0911. The first-order chi connectivity index (χ1) is 10.6. The first kappa shape index (κ1) is 15.8. The summed E-state index contributed by atoms with van der Waals surface area (Å²) in [5, 5.41) is 0.927. The van der Waals surface area contributed by atoms with E-state index in [1.165, 1.54) is 11.0 Å². The smallest absolute Gasteiger partial charge is 0.200 e. The van der Waals surface area contributed by atoms with E-state index < -0.39 is 0 Å². The summed E-state index contributed by atoms with van der Waals surface area (Å²) in [7, 11) is 1.35. The third-order valence-corrected chi connectivity index (χ3v) is 4.63. The SMILES string of the molecule is CC(C)C(=O)c1cc2ccc(O[C@H]3C[C@@H](NSS)C3)cc2o1. The lowest BCUT2D eigenvalue weighted by atomic mass is 9.90. The van der Waals surface area contributed by atoms with Crippen LogP contribution in [0.15, 0.2) is 28.7 Å². The van der Waals surface area contributed by atoms with Crippen molar-refractivity contribution in [1.29, 1.82) is 0 Å². The molecule has 1 aliphatic carbocycles. The molecular formula is C16H19NO3S2. The van der Waals surface area contributed by atoms with Crippen LogP contribution in [0.3, 0.4) is 0 Å². The fourth-order valence-electron chi connectivity index (χ4n) is 2.52. The van der Waals surface area contributed by atoms with Gasteiger partial charge in [0, 0.05) is 36.3 Å². The van der Waals surface area contributed by atoms with Crippen molar-refractivity contribution in [2.24, 2.45) is 5.92 Å². The first-order valence-electron chi connectivity index (χ1n) is 7.37. The molecular weight excluding hydrogens is 318 g/mol. The van der Waals surface area contributed by atoms with Crippen molar-refractivity contribution in [3.8, 4) is 5.75 Å². The molecule has 1 fully saturated rings. The Hall–Kier alpha value is -1.11. The number of hydrogen-bond donors (Lipinski definition) is 2. The van der Waals surface area contributed by atoms with Crippen molar-refractivity contribution in [3.63, 3.8) is 0 Å². The van der Waals surface area contributed by atoms with Crippen LogP contribution < -0.4 is 9.46 Å². The van der Waals surface area contributed by atoms with E-state index in [2.05, 4.69) is 16.4 Å². The molecule has 22 heavy (non-hydrogen) atoms. The number of hydrogen-bond acceptors (Lipinski definition) is 6. The van der Waals surface area contributed by atoms with Gasteiger partial charge in [0.25, 0.3) is 0 Å². The summed E-state index contributed by atoms with van der Waals surface area (Å²) in [5.41, 5.74) is 0.696. The number of furan rings is 1. The third-order valence-electron chi connectivity index (χ3n) is 3.88. The van der Waals surface area contributed by atoms with Gasteiger partial charge < -0.3 is 9.15 Å². The molecule has 0 amide bonds. The number of carbonyl (C=O) groups is 1. The van der Waals surface area contributed by atoms with Gasteiger partial charge in [-0.05, 0) is 29.2 Å². The van der Waals surface area contributed by atoms with E-state index in [0.717, 1.165) is 24.0 Å². The number of ketones is 1. The van der Waals surface area contributed by atoms with E-state index in [-0.39, 0.29) is 17.8 Å². The van der Waals surface area contributed by atoms with Crippen LogP contribution in [0.2, 0.25) is 0 Å². The standard InChI is InChI=1S/C16H19NO3S2/c1-9(2)16(18)15-5-10-3-4-12(8-14(10)20-15)19-13-6-11(7-13)17-22-21/h3-5,8-9,11,13,17,21H,6-7H2,1-2H3/t11-,13+. The summed E-state index contributed by atoms with van der Waals surface area (Å²) in [6.07, 6.45) is 2.17. The number of ether oxygens (including phenoxy) is 1. The highest BCUT2D eigenvalue weighted by Gasteiger charge is 2.30. The van der Waals surface area contributed by atoms with Crippen LogP contribution in [0.5, 0.6) is 5.75 Å². The molecule has 1 saturated carbocycles. The van der Waals surface area contributed by atoms with Crippen LogP contribution in [0.1, 0.15) is 37.2 Å². The van der Waals surface area contributed by atoms with Gasteiger partial charge in [0.1, 0.15) is 17.4 Å². The second kappa shape index (κ2) is 6.56. The van der Waals surface area contributed by atoms with Gasteiger partial charge in [0.15, 0.2) is 5.76 Å². The van der Waals surface area contributed by atoms with E-state index in [4.69, 9.17) is 9.15 Å². The summed E-state index contributed by atoms with van der Waals surface area (Å²) in [4.78, 5) is 12.0. The van der Waals surface area contributed by atoms with Gasteiger partial charge in [-0.2, -0.15) is 0 Å². The third kappa shape index (κ3) is 3.29. The number of Topliss-reactive ketones (excluding diaryl/α,β-unsaturated/α-hetero) is 1. The fourth-order valence-corrected chi connectivity index (χ4v) is 3.30. The molecule has 0 radical (unpaired) electrons. The van der Waals surface area contributed by atoms with E-state index in [1.54, 1.807) is 6.07 Å². The number of benzene rings is 1.